The molecule has 0 aromatic carbocycles. The topological polar surface area (TPSA) is 41.6 Å². The number of carbonyl (C=O) groups is 1. The van der Waals surface area contributed by atoms with Gasteiger partial charge in [0.15, 0.2) is 0 Å². The molecule has 0 aromatic heterocycles. The summed E-state index contributed by atoms with van der Waals surface area (Å²) in [6, 6.07) is 0.618. The Morgan fingerprint density at radius 2 is 1.95 bits per heavy atom. The molecule has 4 nitrogen and oxygen atoms in total. The van der Waals surface area contributed by atoms with Gasteiger partial charge in [-0.1, -0.05) is 19.8 Å². The number of hydrogen-bond donors (Lipinski definition) is 1. The van der Waals surface area contributed by atoms with Gasteiger partial charge < -0.3 is 15.0 Å². The average molecular weight is 298 g/mol. The third kappa shape index (κ3) is 7.70. The van der Waals surface area contributed by atoms with Gasteiger partial charge >= 0.3 is 6.09 Å². The van der Waals surface area contributed by atoms with Gasteiger partial charge in [-0.3, -0.25) is 0 Å². The molecule has 4 heteroatoms. The normalized spacial score (nSPS) is 23.5. The third-order valence-corrected chi connectivity index (χ3v) is 4.11. The van der Waals surface area contributed by atoms with Gasteiger partial charge in [0, 0.05) is 25.7 Å². The molecular formula is C17H34N2O2. The number of hydrogen-bond acceptors (Lipinski definition) is 3. The quantitative estimate of drug-likeness (QED) is 0.785. The number of likely N-dealkylation sites (N-methyl/N-ethyl adjacent to an activating group) is 1. The first-order chi connectivity index (χ1) is 9.81. The lowest BCUT2D eigenvalue weighted by Crippen LogP contribution is -2.42. The van der Waals surface area contributed by atoms with Crippen molar-refractivity contribution in [3.05, 3.63) is 0 Å². The van der Waals surface area contributed by atoms with E-state index in [2.05, 4.69) is 12.2 Å². The zero-order chi connectivity index (χ0) is 15.9. The molecule has 0 spiro atoms. The first-order valence-electron chi connectivity index (χ1n) is 8.53. The van der Waals surface area contributed by atoms with Crippen molar-refractivity contribution < 1.29 is 9.53 Å². The first kappa shape index (κ1) is 18.3. The van der Waals surface area contributed by atoms with E-state index < -0.39 is 5.60 Å². The molecule has 0 aromatic rings. The summed E-state index contributed by atoms with van der Waals surface area (Å²) in [5, 5.41) is 3.62. The second-order valence-electron chi connectivity index (χ2n) is 7.32. The lowest BCUT2D eigenvalue weighted by Gasteiger charge is -2.27. The molecule has 2 unspecified atom stereocenters. The van der Waals surface area contributed by atoms with Crippen molar-refractivity contribution in [3.63, 3.8) is 0 Å². The van der Waals surface area contributed by atoms with E-state index in [9.17, 15) is 4.79 Å². The largest absolute Gasteiger partial charge is 0.444 e. The highest BCUT2D eigenvalue weighted by Crippen LogP contribution is 2.22. The van der Waals surface area contributed by atoms with Crippen LogP contribution in [0.2, 0.25) is 0 Å². The predicted octanol–water partition coefficient (Wildman–Crippen LogP) is 3.80. The fourth-order valence-electron chi connectivity index (χ4n) is 2.80. The van der Waals surface area contributed by atoms with E-state index in [1.165, 1.54) is 32.1 Å². The molecule has 1 saturated carbocycles. The van der Waals surface area contributed by atoms with Gasteiger partial charge in [0.2, 0.25) is 0 Å². The molecule has 0 aliphatic heterocycles. The van der Waals surface area contributed by atoms with Crippen molar-refractivity contribution >= 4 is 6.09 Å². The summed E-state index contributed by atoms with van der Waals surface area (Å²) in [5.74, 6) is 0.866. The van der Waals surface area contributed by atoms with Crippen LogP contribution in [0.3, 0.4) is 0 Å². The Hall–Kier alpha value is -0.770. The van der Waals surface area contributed by atoms with Gasteiger partial charge in [0.25, 0.3) is 0 Å². The summed E-state index contributed by atoms with van der Waals surface area (Å²) in [6.45, 7) is 12.3. The molecule has 21 heavy (non-hydrogen) atoms. The van der Waals surface area contributed by atoms with Crippen LogP contribution in [-0.2, 0) is 4.74 Å². The molecule has 0 saturated heterocycles. The van der Waals surface area contributed by atoms with Gasteiger partial charge in [-0.25, -0.2) is 4.79 Å². The summed E-state index contributed by atoms with van der Waals surface area (Å²) >= 11 is 0. The monoisotopic (exact) mass is 298 g/mol. The van der Waals surface area contributed by atoms with Gasteiger partial charge in [-0.05, 0) is 52.9 Å². The van der Waals surface area contributed by atoms with Crippen LogP contribution in [0.4, 0.5) is 4.79 Å². The number of carbonyl (C=O) groups excluding carboxylic acids is 1. The van der Waals surface area contributed by atoms with Crippen LogP contribution in [0.1, 0.15) is 66.7 Å². The van der Waals surface area contributed by atoms with Crippen LogP contribution in [0, 0.1) is 5.92 Å². The minimum absolute atomic E-state index is 0.207. The van der Waals surface area contributed by atoms with E-state index in [-0.39, 0.29) is 6.09 Å². The van der Waals surface area contributed by atoms with Crippen LogP contribution in [0.5, 0.6) is 0 Å². The van der Waals surface area contributed by atoms with Crippen molar-refractivity contribution in [2.45, 2.75) is 78.4 Å². The van der Waals surface area contributed by atoms with Gasteiger partial charge in [0.05, 0.1) is 0 Å². The predicted molar refractivity (Wildman–Crippen MR) is 87.5 cm³/mol. The number of nitrogens with one attached hydrogen (secondary N) is 1. The summed E-state index contributed by atoms with van der Waals surface area (Å²) in [4.78, 5) is 13.8. The smallest absolute Gasteiger partial charge is 0.410 e. The lowest BCUT2D eigenvalue weighted by molar-refractivity contribution is 0.0260. The van der Waals surface area contributed by atoms with Crippen molar-refractivity contribution in [3.8, 4) is 0 Å². The minimum atomic E-state index is -0.421. The third-order valence-electron chi connectivity index (χ3n) is 4.11. The maximum absolute atomic E-state index is 12.0. The van der Waals surface area contributed by atoms with Crippen molar-refractivity contribution in [1.82, 2.24) is 10.2 Å². The average Bonchev–Trinajstić information content (AvgIpc) is 2.57. The zero-order valence-corrected chi connectivity index (χ0v) is 14.6. The van der Waals surface area contributed by atoms with Crippen LogP contribution < -0.4 is 5.32 Å². The maximum Gasteiger partial charge on any atom is 0.410 e. The molecule has 1 fully saturated rings. The maximum atomic E-state index is 12.0. The molecule has 0 bridgehead atoms. The van der Waals surface area contributed by atoms with Gasteiger partial charge in [0.1, 0.15) is 5.60 Å². The Bertz CT molecular complexity index is 312. The number of rotatable bonds is 5. The van der Waals surface area contributed by atoms with E-state index in [4.69, 9.17) is 4.74 Å². The van der Waals surface area contributed by atoms with Gasteiger partial charge in [-0.15, -0.1) is 0 Å². The standard InChI is InChI=1S/C17H34N2O2/c1-6-19(16(20)21-17(3,4)5)13-12-18-15-9-7-8-14(2)10-11-15/h14-15,18H,6-13H2,1-5H3. The highest BCUT2D eigenvalue weighted by molar-refractivity contribution is 5.68. The second kappa shape index (κ2) is 8.62. The summed E-state index contributed by atoms with van der Waals surface area (Å²) in [6.07, 6.45) is 6.32. The Balaban J connectivity index is 2.30. The molecule has 1 rings (SSSR count). The minimum Gasteiger partial charge on any atom is -0.444 e. The second-order valence-corrected chi connectivity index (χ2v) is 7.32. The van der Waals surface area contributed by atoms with Crippen molar-refractivity contribution in [2.24, 2.45) is 5.92 Å². The molecule has 0 radical (unpaired) electrons. The van der Waals surface area contributed by atoms with E-state index >= 15 is 0 Å². The summed E-state index contributed by atoms with van der Waals surface area (Å²) in [5.41, 5.74) is -0.421. The SMILES string of the molecule is CCN(CCNC1CCCC(C)CC1)C(=O)OC(C)(C)C. The molecule has 1 N–H and O–H groups in total. The Morgan fingerprint density at radius 1 is 1.24 bits per heavy atom. The van der Waals surface area contributed by atoms with E-state index in [1.54, 1.807) is 4.90 Å². The summed E-state index contributed by atoms with van der Waals surface area (Å²) < 4.78 is 5.43. The van der Waals surface area contributed by atoms with Crippen molar-refractivity contribution in [1.29, 1.82) is 0 Å². The fourth-order valence-corrected chi connectivity index (χ4v) is 2.80. The van der Waals surface area contributed by atoms with Crippen LogP contribution in [0.25, 0.3) is 0 Å². The highest BCUT2D eigenvalue weighted by Gasteiger charge is 2.21. The molecule has 2 atom stereocenters. The first-order valence-corrected chi connectivity index (χ1v) is 8.53. The number of nitrogens with zero attached hydrogens (tertiary/aromatic N) is 1. The Labute approximate surface area is 130 Å². The molecule has 1 aliphatic carbocycles. The molecular weight excluding hydrogens is 264 g/mol. The number of ether oxygens (including phenoxy) is 1. The van der Waals surface area contributed by atoms with E-state index in [0.29, 0.717) is 12.6 Å². The van der Waals surface area contributed by atoms with Crippen LogP contribution in [-0.4, -0.2) is 42.3 Å². The lowest BCUT2D eigenvalue weighted by atomic mass is 10.0. The Morgan fingerprint density at radius 3 is 2.57 bits per heavy atom. The fraction of sp³-hybridized carbons (Fsp3) is 0.941. The van der Waals surface area contributed by atoms with E-state index in [0.717, 1.165) is 19.0 Å². The zero-order valence-electron chi connectivity index (χ0n) is 14.6. The van der Waals surface area contributed by atoms with E-state index in [1.807, 2.05) is 27.7 Å². The van der Waals surface area contributed by atoms with Crippen molar-refractivity contribution in [2.75, 3.05) is 19.6 Å². The van der Waals surface area contributed by atoms with Gasteiger partial charge in [-0.2, -0.15) is 0 Å². The Kier molecular flexibility index (Phi) is 7.50. The summed E-state index contributed by atoms with van der Waals surface area (Å²) in [7, 11) is 0. The highest BCUT2D eigenvalue weighted by atomic mass is 16.6. The molecule has 0 heterocycles. The van der Waals surface area contributed by atoms with Crippen LogP contribution in [0.15, 0.2) is 0 Å². The molecule has 1 aliphatic rings. The molecule has 1 amide bonds. The van der Waals surface area contributed by atoms with Crippen LogP contribution >= 0.6 is 0 Å². The molecule has 124 valence electrons. The number of amides is 1.